The van der Waals surface area contributed by atoms with Crippen LogP contribution in [-0.4, -0.2) is 11.1 Å². The average molecular weight is 306 g/mol. The van der Waals surface area contributed by atoms with Crippen molar-refractivity contribution >= 4 is 5.97 Å². The Hall–Kier alpha value is -1.31. The maximum absolute atomic E-state index is 10.3. The minimum Gasteiger partial charge on any atom is -0.481 e. The summed E-state index contributed by atoms with van der Waals surface area (Å²) >= 11 is 0. The summed E-state index contributed by atoms with van der Waals surface area (Å²) in [7, 11) is 0. The third kappa shape index (κ3) is 18.7. The Morgan fingerprint density at radius 2 is 1.27 bits per heavy atom. The highest BCUT2D eigenvalue weighted by Gasteiger charge is 1.95. The summed E-state index contributed by atoms with van der Waals surface area (Å²) in [5.41, 5.74) is 0. The van der Waals surface area contributed by atoms with E-state index in [1.807, 2.05) is 0 Å². The van der Waals surface area contributed by atoms with Gasteiger partial charge in [0.05, 0.1) is 0 Å². The monoisotopic (exact) mass is 306 g/mol. The van der Waals surface area contributed by atoms with Gasteiger partial charge in [-0.05, 0) is 51.4 Å². The second-order valence-corrected chi connectivity index (χ2v) is 5.69. The number of unbranched alkanes of at least 4 members (excludes halogenated alkanes) is 7. The predicted octanol–water partition coefficient (Wildman–Crippen LogP) is 6.44. The number of allylic oxidation sites excluding steroid dienone is 6. The molecular formula is C20H34O2. The first kappa shape index (κ1) is 20.7. The normalized spacial score (nSPS) is 12.0. The standard InChI is InChI=1S/C20H34O2/c1-2-3-4-5-6-7-8-9-10-11-12-13-14-15-16-17-18-19-20(21)22/h3-4,8-9,11-12H,2,5-7,10,13-19H2,1H3,(H,21,22)/b4-3+,9-8+,12-11+. The number of aliphatic carboxylic acids is 1. The molecule has 2 nitrogen and oxygen atoms in total. The van der Waals surface area contributed by atoms with Crippen molar-refractivity contribution in [3.05, 3.63) is 36.5 Å². The molecule has 0 aliphatic rings. The Bertz CT molecular complexity index is 327. The Labute approximate surface area is 137 Å². The molecule has 0 unspecified atom stereocenters. The van der Waals surface area contributed by atoms with Crippen molar-refractivity contribution in [3.63, 3.8) is 0 Å². The van der Waals surface area contributed by atoms with Crippen LogP contribution in [0.4, 0.5) is 0 Å². The van der Waals surface area contributed by atoms with Crippen LogP contribution in [0.15, 0.2) is 36.5 Å². The fourth-order valence-electron chi connectivity index (χ4n) is 2.21. The number of carboxylic acid groups (broad SMARTS) is 1. The van der Waals surface area contributed by atoms with Crippen molar-refractivity contribution < 1.29 is 9.90 Å². The van der Waals surface area contributed by atoms with Gasteiger partial charge >= 0.3 is 5.97 Å². The van der Waals surface area contributed by atoms with Crippen LogP contribution < -0.4 is 0 Å². The highest BCUT2D eigenvalue weighted by Crippen LogP contribution is 2.08. The zero-order chi connectivity index (χ0) is 16.3. The second kappa shape index (κ2) is 17.7. The highest BCUT2D eigenvalue weighted by atomic mass is 16.4. The predicted molar refractivity (Wildman–Crippen MR) is 96.1 cm³/mol. The fraction of sp³-hybridized carbons (Fsp3) is 0.650. The van der Waals surface area contributed by atoms with Gasteiger partial charge in [0.25, 0.3) is 0 Å². The molecule has 0 atom stereocenters. The van der Waals surface area contributed by atoms with Gasteiger partial charge in [0.15, 0.2) is 0 Å². The molecule has 0 fully saturated rings. The van der Waals surface area contributed by atoms with Crippen LogP contribution >= 0.6 is 0 Å². The number of hydrogen-bond acceptors (Lipinski definition) is 1. The Morgan fingerprint density at radius 3 is 1.91 bits per heavy atom. The van der Waals surface area contributed by atoms with E-state index in [0.29, 0.717) is 6.42 Å². The molecule has 0 heterocycles. The molecule has 22 heavy (non-hydrogen) atoms. The molecule has 0 spiro atoms. The van der Waals surface area contributed by atoms with Gasteiger partial charge in [-0.25, -0.2) is 0 Å². The van der Waals surface area contributed by atoms with E-state index < -0.39 is 5.97 Å². The van der Waals surface area contributed by atoms with Crippen LogP contribution in [0.2, 0.25) is 0 Å². The number of carbonyl (C=O) groups is 1. The molecular weight excluding hydrogens is 272 g/mol. The largest absolute Gasteiger partial charge is 0.481 e. The van der Waals surface area contributed by atoms with E-state index in [-0.39, 0.29) is 0 Å². The molecule has 126 valence electrons. The van der Waals surface area contributed by atoms with E-state index >= 15 is 0 Å². The molecule has 2 heteroatoms. The third-order valence-corrected chi connectivity index (χ3v) is 3.51. The van der Waals surface area contributed by atoms with Crippen molar-refractivity contribution in [3.8, 4) is 0 Å². The van der Waals surface area contributed by atoms with Crippen LogP contribution in [0.3, 0.4) is 0 Å². The maximum atomic E-state index is 10.3. The van der Waals surface area contributed by atoms with Crippen LogP contribution in [-0.2, 0) is 4.79 Å². The summed E-state index contributed by atoms with van der Waals surface area (Å²) in [5.74, 6) is -0.673. The molecule has 0 aromatic heterocycles. The maximum Gasteiger partial charge on any atom is 0.303 e. The quantitative estimate of drug-likeness (QED) is 0.279. The first-order valence-electron chi connectivity index (χ1n) is 8.94. The van der Waals surface area contributed by atoms with Gasteiger partial charge in [0.2, 0.25) is 0 Å². The lowest BCUT2D eigenvalue weighted by atomic mass is 10.1. The first-order chi connectivity index (χ1) is 10.8. The van der Waals surface area contributed by atoms with E-state index in [4.69, 9.17) is 5.11 Å². The Balaban J connectivity index is 3.23. The molecule has 0 amide bonds. The van der Waals surface area contributed by atoms with Crippen molar-refractivity contribution in [2.75, 3.05) is 0 Å². The summed E-state index contributed by atoms with van der Waals surface area (Å²) in [4.78, 5) is 10.3. The Morgan fingerprint density at radius 1 is 0.727 bits per heavy atom. The van der Waals surface area contributed by atoms with E-state index in [2.05, 4.69) is 43.4 Å². The number of carboxylic acids is 1. The molecule has 0 aliphatic heterocycles. The van der Waals surface area contributed by atoms with E-state index in [0.717, 1.165) is 38.5 Å². The van der Waals surface area contributed by atoms with Gasteiger partial charge in [-0.2, -0.15) is 0 Å². The van der Waals surface area contributed by atoms with Crippen LogP contribution in [0.1, 0.15) is 84.0 Å². The van der Waals surface area contributed by atoms with Crippen molar-refractivity contribution in [1.82, 2.24) is 0 Å². The molecule has 0 saturated heterocycles. The number of hydrogen-bond donors (Lipinski definition) is 1. The lowest BCUT2D eigenvalue weighted by Gasteiger charge is -1.98. The molecule has 0 aromatic rings. The molecule has 0 aromatic carbocycles. The van der Waals surface area contributed by atoms with Gasteiger partial charge in [-0.3, -0.25) is 4.79 Å². The highest BCUT2D eigenvalue weighted by molar-refractivity contribution is 5.66. The van der Waals surface area contributed by atoms with E-state index in [1.165, 1.54) is 32.1 Å². The summed E-state index contributed by atoms with van der Waals surface area (Å²) < 4.78 is 0. The second-order valence-electron chi connectivity index (χ2n) is 5.69. The van der Waals surface area contributed by atoms with Gasteiger partial charge in [-0.15, -0.1) is 0 Å². The molecule has 0 saturated carbocycles. The summed E-state index contributed by atoms with van der Waals surface area (Å²) in [6.45, 7) is 2.17. The lowest BCUT2D eigenvalue weighted by molar-refractivity contribution is -0.137. The topological polar surface area (TPSA) is 37.3 Å². The fourth-order valence-corrected chi connectivity index (χ4v) is 2.21. The van der Waals surface area contributed by atoms with Gasteiger partial charge < -0.3 is 5.11 Å². The minimum atomic E-state index is -0.673. The van der Waals surface area contributed by atoms with Crippen molar-refractivity contribution in [1.29, 1.82) is 0 Å². The van der Waals surface area contributed by atoms with Crippen LogP contribution in [0, 0.1) is 0 Å². The molecule has 0 aliphatic carbocycles. The number of rotatable bonds is 15. The van der Waals surface area contributed by atoms with Gasteiger partial charge in [0, 0.05) is 6.42 Å². The molecule has 0 bridgehead atoms. The molecule has 1 N–H and O–H groups in total. The van der Waals surface area contributed by atoms with Gasteiger partial charge in [0.1, 0.15) is 0 Å². The minimum absolute atomic E-state index is 0.321. The summed E-state index contributed by atoms with van der Waals surface area (Å²) in [5, 5.41) is 8.52. The zero-order valence-electron chi connectivity index (χ0n) is 14.3. The van der Waals surface area contributed by atoms with Crippen LogP contribution in [0.25, 0.3) is 0 Å². The smallest absolute Gasteiger partial charge is 0.303 e. The van der Waals surface area contributed by atoms with Crippen LogP contribution in [0.5, 0.6) is 0 Å². The Kier molecular flexibility index (Phi) is 16.7. The van der Waals surface area contributed by atoms with Gasteiger partial charge in [-0.1, -0.05) is 62.6 Å². The van der Waals surface area contributed by atoms with E-state index in [9.17, 15) is 4.79 Å². The van der Waals surface area contributed by atoms with Crippen molar-refractivity contribution in [2.45, 2.75) is 84.0 Å². The SMILES string of the molecule is CC/C=C/CCC/C=C/C/C=C/CCCCCCCC(=O)O. The summed E-state index contributed by atoms with van der Waals surface area (Å²) in [6.07, 6.45) is 26.3. The van der Waals surface area contributed by atoms with Crippen molar-refractivity contribution in [2.24, 2.45) is 0 Å². The third-order valence-electron chi connectivity index (χ3n) is 3.51. The lowest BCUT2D eigenvalue weighted by Crippen LogP contribution is -1.93. The average Bonchev–Trinajstić information content (AvgIpc) is 2.50. The molecule has 0 rings (SSSR count). The molecule has 0 radical (unpaired) electrons. The zero-order valence-corrected chi connectivity index (χ0v) is 14.3. The first-order valence-corrected chi connectivity index (χ1v) is 8.94. The van der Waals surface area contributed by atoms with E-state index in [1.54, 1.807) is 0 Å². The summed E-state index contributed by atoms with van der Waals surface area (Å²) in [6, 6.07) is 0.